The fourth-order valence-electron chi connectivity index (χ4n) is 1.89. The molecule has 0 spiro atoms. The van der Waals surface area contributed by atoms with Gasteiger partial charge in [-0.05, 0) is 25.5 Å². The molecule has 0 saturated carbocycles. The maximum Gasteiger partial charge on any atom is 0.129 e. The summed E-state index contributed by atoms with van der Waals surface area (Å²) in [6, 6.07) is 6.11. The molecule has 2 rings (SSSR count). The molecule has 1 aliphatic heterocycles. The highest BCUT2D eigenvalue weighted by molar-refractivity contribution is 5.54. The number of hydrogen-bond donors (Lipinski definition) is 1. The number of nitrogens with zero attached hydrogens (tertiary/aromatic N) is 1. The molecule has 0 fully saturated rings. The Morgan fingerprint density at radius 1 is 1.38 bits per heavy atom. The Morgan fingerprint density at radius 3 is 2.69 bits per heavy atom. The predicted molar refractivity (Wildman–Crippen MR) is 65.2 cm³/mol. The number of fused-ring (bicyclic) bond motifs is 1. The first-order valence-electron chi connectivity index (χ1n) is 5.57. The Kier molecular flexibility index (Phi) is 2.58. The molecule has 1 atom stereocenters. The lowest BCUT2D eigenvalue weighted by molar-refractivity contribution is -0.0410. The van der Waals surface area contributed by atoms with Gasteiger partial charge < -0.3 is 14.7 Å². The Morgan fingerprint density at radius 2 is 2.06 bits per heavy atom. The highest BCUT2D eigenvalue weighted by atomic mass is 16.5. The Balaban J connectivity index is 2.38. The molecule has 1 unspecified atom stereocenters. The van der Waals surface area contributed by atoms with E-state index in [1.165, 1.54) is 0 Å². The van der Waals surface area contributed by atoms with Crippen LogP contribution >= 0.6 is 0 Å². The van der Waals surface area contributed by atoms with Crippen LogP contribution in [0, 0.1) is 0 Å². The Bertz CT molecular complexity index is 399. The summed E-state index contributed by atoms with van der Waals surface area (Å²) in [5.74, 6) is 0.890. The quantitative estimate of drug-likeness (QED) is 0.785. The van der Waals surface area contributed by atoms with E-state index in [0.29, 0.717) is 6.42 Å². The number of rotatable bonds is 1. The van der Waals surface area contributed by atoms with Gasteiger partial charge in [0, 0.05) is 32.3 Å². The van der Waals surface area contributed by atoms with Gasteiger partial charge in [-0.1, -0.05) is 6.07 Å². The second kappa shape index (κ2) is 3.67. The van der Waals surface area contributed by atoms with E-state index in [2.05, 4.69) is 0 Å². The minimum Gasteiger partial charge on any atom is -0.485 e. The number of aliphatic hydroxyl groups excluding tert-OH is 1. The normalized spacial score (nSPS) is 22.2. The topological polar surface area (TPSA) is 32.7 Å². The SMILES string of the molecule is CN(C)c1ccc2c(c1)OC(C)(C)C(O)C2. The number of aliphatic hydroxyl groups is 1. The highest BCUT2D eigenvalue weighted by Gasteiger charge is 2.35. The van der Waals surface area contributed by atoms with Crippen molar-refractivity contribution in [1.29, 1.82) is 0 Å². The van der Waals surface area contributed by atoms with Gasteiger partial charge in [-0.2, -0.15) is 0 Å². The molecule has 88 valence electrons. The smallest absolute Gasteiger partial charge is 0.129 e. The van der Waals surface area contributed by atoms with Gasteiger partial charge >= 0.3 is 0 Å². The third-order valence-electron chi connectivity index (χ3n) is 3.16. The van der Waals surface area contributed by atoms with Gasteiger partial charge in [0.25, 0.3) is 0 Å². The Hall–Kier alpha value is -1.22. The van der Waals surface area contributed by atoms with Crippen molar-refractivity contribution in [3.8, 4) is 5.75 Å². The van der Waals surface area contributed by atoms with E-state index in [1.54, 1.807) is 0 Å². The van der Waals surface area contributed by atoms with E-state index in [4.69, 9.17) is 4.74 Å². The molecule has 0 bridgehead atoms. The lowest BCUT2D eigenvalue weighted by atomic mass is 9.91. The fraction of sp³-hybridized carbons (Fsp3) is 0.538. The summed E-state index contributed by atoms with van der Waals surface area (Å²) in [7, 11) is 4.01. The number of benzene rings is 1. The van der Waals surface area contributed by atoms with E-state index in [9.17, 15) is 5.11 Å². The lowest BCUT2D eigenvalue weighted by Crippen LogP contribution is -2.46. The average molecular weight is 221 g/mol. The standard InChI is InChI=1S/C13H19NO2/c1-13(2)12(15)7-9-5-6-10(14(3)4)8-11(9)16-13/h5-6,8,12,15H,7H2,1-4H3. The van der Waals surface area contributed by atoms with Crippen LogP contribution in [0.1, 0.15) is 19.4 Å². The first kappa shape index (κ1) is 11.3. The van der Waals surface area contributed by atoms with Crippen molar-refractivity contribution in [2.24, 2.45) is 0 Å². The molecule has 3 nitrogen and oxygen atoms in total. The summed E-state index contributed by atoms with van der Waals surface area (Å²) in [5.41, 5.74) is 1.70. The van der Waals surface area contributed by atoms with Crippen molar-refractivity contribution in [3.05, 3.63) is 23.8 Å². The van der Waals surface area contributed by atoms with Gasteiger partial charge in [0.2, 0.25) is 0 Å². The molecule has 0 radical (unpaired) electrons. The number of ether oxygens (including phenoxy) is 1. The molecule has 1 aliphatic rings. The van der Waals surface area contributed by atoms with E-state index >= 15 is 0 Å². The summed E-state index contributed by atoms with van der Waals surface area (Å²) in [6.07, 6.45) is 0.223. The largest absolute Gasteiger partial charge is 0.485 e. The monoisotopic (exact) mass is 221 g/mol. The first-order valence-corrected chi connectivity index (χ1v) is 5.57. The van der Waals surface area contributed by atoms with Gasteiger partial charge in [0.15, 0.2) is 0 Å². The molecule has 0 amide bonds. The summed E-state index contributed by atoms with van der Waals surface area (Å²) in [6.45, 7) is 3.84. The third-order valence-corrected chi connectivity index (χ3v) is 3.16. The van der Waals surface area contributed by atoms with Crippen molar-refractivity contribution in [2.75, 3.05) is 19.0 Å². The van der Waals surface area contributed by atoms with E-state index < -0.39 is 11.7 Å². The molecule has 1 aromatic rings. The maximum absolute atomic E-state index is 9.93. The van der Waals surface area contributed by atoms with E-state index in [0.717, 1.165) is 17.0 Å². The van der Waals surface area contributed by atoms with Crippen molar-refractivity contribution < 1.29 is 9.84 Å². The minimum absolute atomic E-state index is 0.440. The van der Waals surface area contributed by atoms with Crippen LogP contribution in [0.3, 0.4) is 0 Å². The second-order valence-corrected chi connectivity index (χ2v) is 5.11. The lowest BCUT2D eigenvalue weighted by Gasteiger charge is -2.37. The van der Waals surface area contributed by atoms with Crippen LogP contribution in [0.15, 0.2) is 18.2 Å². The second-order valence-electron chi connectivity index (χ2n) is 5.11. The zero-order valence-electron chi connectivity index (χ0n) is 10.3. The van der Waals surface area contributed by atoms with Gasteiger partial charge in [-0.15, -0.1) is 0 Å². The molecule has 1 N–H and O–H groups in total. The summed E-state index contributed by atoms with van der Waals surface area (Å²) >= 11 is 0. The molecule has 1 heterocycles. The summed E-state index contributed by atoms with van der Waals surface area (Å²) < 4.78 is 5.85. The zero-order chi connectivity index (χ0) is 11.9. The van der Waals surface area contributed by atoms with Crippen LogP contribution < -0.4 is 9.64 Å². The predicted octanol–water partition coefficient (Wildman–Crippen LogP) is 1.83. The highest BCUT2D eigenvalue weighted by Crippen LogP contribution is 2.35. The van der Waals surface area contributed by atoms with Crippen LogP contribution in [0.5, 0.6) is 5.75 Å². The van der Waals surface area contributed by atoms with Gasteiger partial charge in [-0.3, -0.25) is 0 Å². The molecule has 0 aliphatic carbocycles. The van der Waals surface area contributed by atoms with Gasteiger partial charge in [-0.25, -0.2) is 0 Å². The summed E-state index contributed by atoms with van der Waals surface area (Å²) in [4.78, 5) is 2.04. The molecule has 1 aromatic carbocycles. The van der Waals surface area contributed by atoms with E-state index in [1.807, 2.05) is 51.0 Å². The number of hydrogen-bond acceptors (Lipinski definition) is 3. The van der Waals surface area contributed by atoms with Crippen molar-refractivity contribution in [2.45, 2.75) is 32.0 Å². The van der Waals surface area contributed by atoms with Crippen LogP contribution in [-0.2, 0) is 6.42 Å². The molecule has 0 saturated heterocycles. The molecular formula is C13H19NO2. The molecule has 0 aromatic heterocycles. The third kappa shape index (κ3) is 1.87. The van der Waals surface area contributed by atoms with Crippen molar-refractivity contribution >= 4 is 5.69 Å². The summed E-state index contributed by atoms with van der Waals surface area (Å²) in [5, 5.41) is 9.93. The zero-order valence-corrected chi connectivity index (χ0v) is 10.3. The van der Waals surface area contributed by atoms with Crippen molar-refractivity contribution in [3.63, 3.8) is 0 Å². The van der Waals surface area contributed by atoms with Crippen LogP contribution in [0.4, 0.5) is 5.69 Å². The van der Waals surface area contributed by atoms with Crippen LogP contribution in [0.2, 0.25) is 0 Å². The van der Waals surface area contributed by atoms with Gasteiger partial charge in [0.1, 0.15) is 11.4 Å². The van der Waals surface area contributed by atoms with Crippen LogP contribution in [0.25, 0.3) is 0 Å². The average Bonchev–Trinajstić information content (AvgIpc) is 2.18. The van der Waals surface area contributed by atoms with E-state index in [-0.39, 0.29) is 0 Å². The first-order chi connectivity index (χ1) is 7.40. The van der Waals surface area contributed by atoms with Crippen molar-refractivity contribution in [1.82, 2.24) is 0 Å². The number of anilines is 1. The van der Waals surface area contributed by atoms with Gasteiger partial charge in [0.05, 0.1) is 6.10 Å². The Labute approximate surface area is 96.6 Å². The fourth-order valence-corrected chi connectivity index (χ4v) is 1.89. The minimum atomic E-state index is -0.502. The van der Waals surface area contributed by atoms with Crippen LogP contribution in [-0.4, -0.2) is 30.9 Å². The molecular weight excluding hydrogens is 202 g/mol. The maximum atomic E-state index is 9.93. The molecule has 16 heavy (non-hydrogen) atoms. The molecule has 3 heteroatoms.